The van der Waals surface area contributed by atoms with Crippen LogP contribution in [0.1, 0.15) is 33.1 Å². The summed E-state index contributed by atoms with van der Waals surface area (Å²) in [6.45, 7) is 6.03. The smallest absolute Gasteiger partial charge is 0.242 e. The maximum absolute atomic E-state index is 11.6. The molecule has 0 spiro atoms. The summed E-state index contributed by atoms with van der Waals surface area (Å²) in [5.41, 5.74) is 0. The number of piperazine rings is 1. The second-order valence-corrected chi connectivity index (χ2v) is 4.30. The van der Waals surface area contributed by atoms with Crippen molar-refractivity contribution >= 4 is 11.8 Å². The largest absolute Gasteiger partial charge is 0.381 e. The van der Waals surface area contributed by atoms with Crippen LogP contribution in [0.15, 0.2) is 0 Å². The summed E-state index contributed by atoms with van der Waals surface area (Å²) in [6.07, 6.45) is 2.98. The van der Waals surface area contributed by atoms with Gasteiger partial charge in [-0.1, -0.05) is 13.3 Å². The maximum atomic E-state index is 11.6. The molecule has 0 aromatic rings. The van der Waals surface area contributed by atoms with Crippen LogP contribution in [0.2, 0.25) is 0 Å². The minimum atomic E-state index is -0.355. The topological polar surface area (TPSA) is 58.6 Å². The lowest BCUT2D eigenvalue weighted by atomic mass is 10.2. The Balaban J connectivity index is 2.20. The summed E-state index contributed by atoms with van der Waals surface area (Å²) >= 11 is 0. The molecule has 0 aliphatic carbocycles. The Labute approximate surface area is 102 Å². The molecule has 1 aliphatic rings. The Bertz CT molecular complexity index is 268. The predicted octanol–water partition coefficient (Wildman–Crippen LogP) is 0.540. The second-order valence-electron chi connectivity index (χ2n) is 4.30. The van der Waals surface area contributed by atoms with Crippen LogP contribution in [-0.4, -0.2) is 49.1 Å². The average molecular weight is 242 g/mol. The normalized spacial score (nSPS) is 20.6. The van der Waals surface area contributed by atoms with Crippen LogP contribution in [0.5, 0.6) is 0 Å². The molecule has 0 bridgehead atoms. The van der Waals surface area contributed by atoms with Crippen molar-refractivity contribution in [3.63, 3.8) is 0 Å². The standard InChI is InChI=1S/C12H22N2O3/c1-3-4-7-17-8-5-6-14-10(2)12(16)13-9-11(14)15/h10H,3-9H2,1-2H3,(H,13,16). The number of nitrogens with one attached hydrogen (secondary N) is 1. The van der Waals surface area contributed by atoms with Gasteiger partial charge in [-0.05, 0) is 19.8 Å². The average Bonchev–Trinajstić information content (AvgIpc) is 2.32. The summed E-state index contributed by atoms with van der Waals surface area (Å²) in [6, 6.07) is -0.355. The Hall–Kier alpha value is -1.10. The van der Waals surface area contributed by atoms with Gasteiger partial charge in [0, 0.05) is 19.8 Å². The van der Waals surface area contributed by atoms with Gasteiger partial charge in [0.2, 0.25) is 11.8 Å². The minimum absolute atomic E-state index is 0.00865. The highest BCUT2D eigenvalue weighted by atomic mass is 16.5. The van der Waals surface area contributed by atoms with Crippen molar-refractivity contribution < 1.29 is 14.3 Å². The molecule has 0 saturated carbocycles. The highest BCUT2D eigenvalue weighted by Gasteiger charge is 2.30. The van der Waals surface area contributed by atoms with E-state index in [-0.39, 0.29) is 24.4 Å². The van der Waals surface area contributed by atoms with Crippen LogP contribution in [-0.2, 0) is 14.3 Å². The Morgan fingerprint density at radius 3 is 2.76 bits per heavy atom. The lowest BCUT2D eigenvalue weighted by Crippen LogP contribution is -2.57. The van der Waals surface area contributed by atoms with E-state index in [1.54, 1.807) is 11.8 Å². The molecule has 1 unspecified atom stereocenters. The summed E-state index contributed by atoms with van der Waals surface area (Å²) in [4.78, 5) is 24.6. The first-order chi connectivity index (χ1) is 8.16. The highest BCUT2D eigenvalue weighted by molar-refractivity contribution is 5.94. The number of ether oxygens (including phenoxy) is 1. The third kappa shape index (κ3) is 4.34. The van der Waals surface area contributed by atoms with Crippen LogP contribution in [0.4, 0.5) is 0 Å². The van der Waals surface area contributed by atoms with E-state index >= 15 is 0 Å². The maximum Gasteiger partial charge on any atom is 0.242 e. The van der Waals surface area contributed by atoms with Gasteiger partial charge in [-0.2, -0.15) is 0 Å². The van der Waals surface area contributed by atoms with Crippen LogP contribution in [0, 0.1) is 0 Å². The summed E-state index contributed by atoms with van der Waals surface area (Å²) < 4.78 is 5.42. The van der Waals surface area contributed by atoms with Gasteiger partial charge in [-0.25, -0.2) is 0 Å². The molecule has 0 aromatic carbocycles. The van der Waals surface area contributed by atoms with Crippen molar-refractivity contribution in [1.82, 2.24) is 10.2 Å². The number of hydrogen-bond donors (Lipinski definition) is 1. The van der Waals surface area contributed by atoms with E-state index in [9.17, 15) is 9.59 Å². The number of amides is 2. The molecule has 1 N–H and O–H groups in total. The van der Waals surface area contributed by atoms with Gasteiger partial charge in [-0.15, -0.1) is 0 Å². The lowest BCUT2D eigenvalue weighted by Gasteiger charge is -2.32. The van der Waals surface area contributed by atoms with Crippen molar-refractivity contribution in [3.8, 4) is 0 Å². The molecule has 1 heterocycles. The first-order valence-electron chi connectivity index (χ1n) is 6.31. The molecule has 2 amide bonds. The molecule has 98 valence electrons. The molecule has 0 radical (unpaired) electrons. The monoisotopic (exact) mass is 242 g/mol. The van der Waals surface area contributed by atoms with E-state index in [0.29, 0.717) is 13.2 Å². The van der Waals surface area contributed by atoms with Crippen molar-refractivity contribution in [2.45, 2.75) is 39.2 Å². The lowest BCUT2D eigenvalue weighted by molar-refractivity contribution is -0.145. The third-order valence-electron chi connectivity index (χ3n) is 2.91. The zero-order chi connectivity index (χ0) is 12.7. The number of unbranched alkanes of at least 4 members (excludes halogenated alkanes) is 1. The van der Waals surface area contributed by atoms with Crippen molar-refractivity contribution in [2.24, 2.45) is 0 Å². The van der Waals surface area contributed by atoms with E-state index in [1.807, 2.05) is 0 Å². The molecule has 1 saturated heterocycles. The van der Waals surface area contributed by atoms with Crippen LogP contribution < -0.4 is 5.32 Å². The molecule has 1 aliphatic heterocycles. The molecule has 17 heavy (non-hydrogen) atoms. The molecule has 0 aromatic heterocycles. The fourth-order valence-electron chi connectivity index (χ4n) is 1.77. The van der Waals surface area contributed by atoms with Gasteiger partial charge in [0.1, 0.15) is 6.04 Å². The van der Waals surface area contributed by atoms with Crippen LogP contribution in [0.3, 0.4) is 0 Å². The number of hydrogen-bond acceptors (Lipinski definition) is 3. The summed E-state index contributed by atoms with van der Waals surface area (Å²) in [7, 11) is 0. The van der Waals surface area contributed by atoms with E-state index in [0.717, 1.165) is 25.9 Å². The van der Waals surface area contributed by atoms with E-state index < -0.39 is 0 Å². The van der Waals surface area contributed by atoms with E-state index in [1.165, 1.54) is 0 Å². The highest BCUT2D eigenvalue weighted by Crippen LogP contribution is 2.06. The van der Waals surface area contributed by atoms with Crippen molar-refractivity contribution in [3.05, 3.63) is 0 Å². The molecule has 1 fully saturated rings. The zero-order valence-corrected chi connectivity index (χ0v) is 10.7. The summed E-state index contributed by atoms with van der Waals surface area (Å²) in [5.74, 6) is -0.0813. The first-order valence-corrected chi connectivity index (χ1v) is 6.31. The van der Waals surface area contributed by atoms with Crippen molar-refractivity contribution in [1.29, 1.82) is 0 Å². The molecular weight excluding hydrogens is 220 g/mol. The molecular formula is C12H22N2O3. The zero-order valence-electron chi connectivity index (χ0n) is 10.7. The number of rotatable bonds is 7. The first kappa shape index (κ1) is 14.0. The molecule has 1 rings (SSSR count). The van der Waals surface area contributed by atoms with Crippen LogP contribution >= 0.6 is 0 Å². The van der Waals surface area contributed by atoms with Gasteiger partial charge in [0.25, 0.3) is 0 Å². The van der Waals surface area contributed by atoms with E-state index in [2.05, 4.69) is 12.2 Å². The number of carbonyl (C=O) groups excluding carboxylic acids is 2. The van der Waals surface area contributed by atoms with Crippen molar-refractivity contribution in [2.75, 3.05) is 26.3 Å². The summed E-state index contributed by atoms with van der Waals surface area (Å²) in [5, 5.41) is 2.57. The molecule has 5 heteroatoms. The van der Waals surface area contributed by atoms with Gasteiger partial charge < -0.3 is 15.0 Å². The van der Waals surface area contributed by atoms with Gasteiger partial charge in [0.05, 0.1) is 6.54 Å². The fraction of sp³-hybridized carbons (Fsp3) is 0.833. The molecule has 1 atom stereocenters. The SMILES string of the molecule is CCCCOCCCN1C(=O)CNC(=O)C1C. The Morgan fingerprint density at radius 2 is 2.06 bits per heavy atom. The second kappa shape index (κ2) is 7.27. The third-order valence-corrected chi connectivity index (χ3v) is 2.91. The quantitative estimate of drug-likeness (QED) is 0.663. The Kier molecular flexibility index (Phi) is 5.97. The van der Waals surface area contributed by atoms with Gasteiger partial charge in [-0.3, -0.25) is 9.59 Å². The Morgan fingerprint density at radius 1 is 1.35 bits per heavy atom. The number of nitrogens with zero attached hydrogens (tertiary/aromatic N) is 1. The molecule has 5 nitrogen and oxygen atoms in total. The predicted molar refractivity (Wildman–Crippen MR) is 64.5 cm³/mol. The number of carbonyl (C=O) groups is 2. The van der Waals surface area contributed by atoms with Gasteiger partial charge in [0.15, 0.2) is 0 Å². The fourth-order valence-corrected chi connectivity index (χ4v) is 1.77. The minimum Gasteiger partial charge on any atom is -0.381 e. The van der Waals surface area contributed by atoms with Gasteiger partial charge >= 0.3 is 0 Å². The van der Waals surface area contributed by atoms with E-state index in [4.69, 9.17) is 4.74 Å². The van der Waals surface area contributed by atoms with Crippen LogP contribution in [0.25, 0.3) is 0 Å².